The van der Waals surface area contributed by atoms with E-state index in [1.54, 1.807) is 83.5 Å². The molecule has 0 spiro atoms. The van der Waals surface area contributed by atoms with Crippen LogP contribution in [-0.4, -0.2) is 119 Å². The van der Waals surface area contributed by atoms with E-state index in [0.717, 1.165) is 55.5 Å². The molecule has 820 valence electrons. The third-order valence-electron chi connectivity index (χ3n) is 14.9. The molecule has 8 aromatic rings. The van der Waals surface area contributed by atoms with Gasteiger partial charge in [-0.1, -0.05) is 36.0 Å². The van der Waals surface area contributed by atoms with E-state index in [1.165, 1.54) is 51.6 Å². The minimum atomic E-state index is -1.27. The first kappa shape index (κ1) is 13.8. The lowest BCUT2D eigenvalue weighted by molar-refractivity contribution is -0.136. The van der Waals surface area contributed by atoms with Gasteiger partial charge in [0.1, 0.15) is 39.0 Å². The maximum atomic E-state index is 15.6. The lowest BCUT2D eigenvalue weighted by Crippen LogP contribution is -2.38. The van der Waals surface area contributed by atoms with E-state index >= 15 is 8.78 Å². The van der Waals surface area contributed by atoms with E-state index in [0.29, 0.717) is 44.0 Å². The van der Waals surface area contributed by atoms with E-state index in [9.17, 15) is 46.3 Å². The summed E-state index contributed by atoms with van der Waals surface area (Å²) < 4.78 is 1490. The van der Waals surface area contributed by atoms with Crippen molar-refractivity contribution >= 4 is 128 Å². The van der Waals surface area contributed by atoms with Crippen LogP contribution in [0.4, 0.5) is 57.8 Å². The number of nitrogens with one attached hydrogen (secondary N) is 5. The molecule has 22 nitrogen and oxygen atoms in total. The van der Waals surface area contributed by atoms with Gasteiger partial charge in [0.25, 0.3) is 5.56 Å². The highest BCUT2D eigenvalue weighted by Gasteiger charge is 2.38. The van der Waals surface area contributed by atoms with E-state index in [1.807, 2.05) is 48.5 Å². The van der Waals surface area contributed by atoms with Crippen molar-refractivity contribution in [2.75, 3.05) is 56.7 Å². The highest BCUT2D eigenvalue weighted by Crippen LogP contribution is 2.45. The summed E-state index contributed by atoms with van der Waals surface area (Å²) in [6, 6.07) is 18.0. The highest BCUT2D eigenvalue weighted by atomic mass is 32.2. The molecule has 4 amide bonds. The van der Waals surface area contributed by atoms with Crippen LogP contribution in [0.1, 0.15) is 519 Å². The molecule has 0 fully saturated rings. The number of methoxy groups -OCH3 is 2. The van der Waals surface area contributed by atoms with Crippen molar-refractivity contribution in [1.29, 1.82) is 0 Å². The number of carbonyl (C=O) groups excluding carboxylic acids is 5. The zero-order chi connectivity index (χ0) is 349. The second kappa shape index (κ2) is 31.7. The van der Waals surface area contributed by atoms with Gasteiger partial charge >= 0.3 is 24.2 Å². The van der Waals surface area contributed by atoms with E-state index in [4.69, 9.17) is 470 Å². The third kappa shape index (κ3) is 18.3. The smallest absolute Gasteiger partial charge is 0.414 e. The number of hydrogen-bond donors (Lipinski definition) is 5. The Hall–Kier alpha value is -9.66. The van der Waals surface area contributed by atoms with Crippen molar-refractivity contribution in [3.63, 3.8) is 0 Å². The molecule has 10 rings (SSSR count). The molecule has 0 saturated carbocycles. The summed E-state index contributed by atoms with van der Waals surface area (Å²) in [5, 5.41) is 6.12. The number of benzene rings is 5. The molecule has 0 bridgehead atoms. The van der Waals surface area contributed by atoms with Crippen molar-refractivity contribution in [3.05, 3.63) is 156 Å². The van der Waals surface area contributed by atoms with Crippen LogP contribution in [-0.2, 0) is 52.9 Å². The number of ether oxygens (including phenoxy) is 6. The fourth-order valence-corrected chi connectivity index (χ4v) is 12.8. The van der Waals surface area contributed by atoms with Crippen molar-refractivity contribution in [1.82, 2.24) is 35.6 Å². The molecule has 3 aromatic heterocycles. The molecule has 0 radical (unpaired) electrons. The van der Waals surface area contributed by atoms with Crippen molar-refractivity contribution < 1.29 is 488 Å². The van der Waals surface area contributed by atoms with Gasteiger partial charge in [0.2, 0.25) is 5.91 Å². The van der Waals surface area contributed by atoms with Crippen LogP contribution < -0.4 is 40.4 Å². The normalized spacial score (nSPS) is 23.0. The Balaban J connectivity index is -0.0000000129. The Morgan fingerprint density at radius 3 is 1.57 bits per heavy atom. The number of amides is 4. The van der Waals surface area contributed by atoms with Crippen LogP contribution >= 0.6 is 48.0 Å². The quantitative estimate of drug-likeness (QED) is 0.0129. The molecule has 5 N–H and O–H groups in total. The number of nitrogens with zero attached hydrogens (tertiary/aromatic N) is 5. The lowest BCUT2D eigenvalue weighted by atomic mass is 10.0. The second-order valence-corrected chi connectivity index (χ2v) is 28.6. The number of allylic oxidation sites excluding steroid dienone is 1. The Morgan fingerprint density at radius 2 is 1.09 bits per heavy atom. The highest BCUT2D eigenvalue weighted by molar-refractivity contribution is 7.99. The Kier molecular flexibility index (Phi) is 4.29. The summed E-state index contributed by atoms with van der Waals surface area (Å²) in [7, 11) is 7.41. The predicted molar refractivity (Wildman–Crippen MR) is 678 cm³/mol. The maximum Gasteiger partial charge on any atom is 0.414 e. The second-order valence-electron chi connectivity index (χ2n) is 25.9. The number of thioether (sulfide) groups is 2. The number of fused-ring (bicyclic) bond motifs is 7. The monoisotopic (exact) mass is 2050 g/mol. The molecule has 32 heteroatoms. The molecule has 0 saturated heterocycles. The van der Waals surface area contributed by atoms with Crippen molar-refractivity contribution in [2.24, 2.45) is 0 Å². The standard InChI is InChI=1S/C32H32F2N4O4S2.C21H25F2N3O5S.C17H17F2N3O3S.139H2/c1-32(2,3)42-31(39)38(4)23-15-22(33)26(34)24-25-28(35-27(23)24)36-30(44-17-19-9-13-21(41-6)14-10-19)37-29(25)43-16-18-7-11-20(40-5)12-8-18;1-7-30-18(28)16-13(25-19(32)24-10(2)27)8-11-14(9-12(22)17(23)15(11)16)26(6)20(29)31-21(3,4)5;1-17(2,3)25-16(24)22(4)10-6-8(18)13(19)11-7(10)5-9-12(11)14(23)21-15(26)20-9;;;;;;;;;;;;;;;;;;;;;;;;;;;;;;;;;;;;;;;;;;;;;;;;;;;;;;;;;;;;;;;;;;;;;;;;;;;;;;;;;;;;;;;;;;;;;;;;;;;;;;;;;;;;;;;;;;;;;;;;;;;;;;;;;;;;;;;;;;;/h7-15H,16-17H2,1-6H3,(H,35,36,37);9H,7-8H2,1-6H3,(H2,24,25,27,32);6H,5H2,1-4H3,(H2,20,21,23,26);139*1H/i;;;137*1+1D;2*1+1. The summed E-state index contributed by atoms with van der Waals surface area (Å²) in [6.45, 7) is 18.1. The molecular formula is C70H352F6N10O12S4. The summed E-state index contributed by atoms with van der Waals surface area (Å²) in [6.07, 6.45) is -2.22. The SMILES string of the molecule is CCOC(=O)C1=C(NC(=S)NC(C)=O)Cc2c(N(C)C(=O)OC(C)(C)C)cc(F)c(F)c21.CN(C(=O)OC(C)(C)C)c1cc(F)c(F)c2c1Cc1[nH]c(=S)[nH]c(=O)c1-2.COc1ccc(CSc2nc(SCc3ccc(OC)cc3)c3c(n2)[nH]c2c(N(C)C(=O)OC(C)(C)C)cc(F)c(F)c23)cc1.[2HH].[2HH].[2H][2H].[2H][2H].[2H][2H].[2H][2H].[2H][2H].[2H][2H].[2H][2H].[2H][2H].[2H][2H].[2H][2H].[2H][2H].[2H][2H].[2H][2H].[2H][2H].[2H][2H].[2H][2H].[2H][2H].[2H][2H].[2H][2H].[2H][2H].[2H][2H].[2H][2H].[2H][2H].[2H][2H].[2H][2H].[2H][2H].[2H][2H].[2H][2H].[2H][2H].[2H][2H].[2H][2H].[2H][2H].[2H][2H].[2H][2H].[2H][2H].[2H][2H].[2H][2H].[2H][2H].[2H][2H].[2H][2H].[2H][2H].[2H][2H].[2H][2H].[2H][2H].[2H][2H].[2H][2H].[2H][2H].[2H][2H].[2H][2H].[2H][2H].[2H][2H].[2H][2H].[2H][2H].[2H][2H].[2H][2H].[2H][2H].[2H][2H].[2H][2H].[2H][2H].[2H][2H].[2H][2H].[2H][2H].[2H][2H].[2H][2H].[2H][2H].[2H][2H].[2H][2H].[2H][2H].[2H][2H].[2H][2H].[2H][2H].[2H][2H].[2H][2H].[2H][2H].[2H][2H].[2H][2H].[2H][2H].[2H][2H].[2H][2H].[2H][2H].[2H][2H].[2H][2H].[2H][2H].[2H][2H].[2H][2H].[2H][2H].[2H][2H].[2H][2H].[2H][2H].[2H][2H].[2H][2H].[2H][2H].[2H][2H].[2H][2H].[2H][2H].[2H][2H].[2H][2H].[2H][2H].[2H][2H].[2H][2H].[2H][2H].[2H][2H].[2H][2H].[2H][2H].[2H][2H].[2H][2H].[2H][2H].[2H][2H].[2H][2H].[2H][2H].[2H][2H].[2H][2H].[2H][2H].[2H][2H].[2H][2H].[2H][2H].[2H][2H].[2H][2H].[2H][2H].[2H][2H].[2H][2H].[2H][2H].[2H][2H].[2H][2H].[2H][2H].[2H][2H].[2H][2H].[2H][2H].[2H][2H].[2H][2H].[2H][2H].[2H][2H].[2H][2H].[2H][2H].[2H][2H].[2H][2H].[2H][2H]. The first-order chi connectivity index (χ1) is 185. The number of anilines is 3. The fourth-order valence-electron chi connectivity index (χ4n) is 10.5. The largest absolute Gasteiger partial charge is 0.497 e. The average molecular weight is 2050 g/mol. The number of rotatable bonds is 14. The summed E-state index contributed by atoms with van der Waals surface area (Å²) >= 11 is 12.8. The molecule has 0 aliphatic heterocycles. The van der Waals surface area contributed by atoms with Gasteiger partial charge in [0, 0.05) is 503 Å². The van der Waals surface area contributed by atoms with Gasteiger partial charge < -0.3 is 49.0 Å². The molecule has 0 atom stereocenters. The average Bonchev–Trinajstić information content (AvgIpc) is 1.57. The molecule has 2 aliphatic carbocycles. The Morgan fingerprint density at radius 1 is 0.627 bits per heavy atom. The van der Waals surface area contributed by atoms with Crippen molar-refractivity contribution in [3.8, 4) is 22.6 Å². The maximum absolute atomic E-state index is 15.6. The number of hydrogen-bond acceptors (Lipinski definition) is 18. The number of aromatic nitrogens is 5. The first-order valence-electron chi connectivity index (χ1n) is 168. The minimum absolute atomic E-state index is 0. The van der Waals surface area contributed by atoms with E-state index in [-0.39, 0.29) is 93.7 Å². The number of halogens is 6. The molecule has 102 heavy (non-hydrogen) atoms. The van der Waals surface area contributed by atoms with Crippen LogP contribution in [0.25, 0.3) is 38.6 Å². The van der Waals surface area contributed by atoms with Crippen LogP contribution in [0, 0.1) is 39.7 Å². The Bertz CT molecular complexity index is 5100. The number of H-pyrrole nitrogens is 3. The van der Waals surface area contributed by atoms with Crippen LogP contribution in [0.2, 0.25) is 0 Å². The molecule has 0 unspecified atom stereocenters. The number of aromatic amines is 3. The van der Waals surface area contributed by atoms with Crippen LogP contribution in [0.5, 0.6) is 11.5 Å². The van der Waals surface area contributed by atoms with Gasteiger partial charge in [-0.25, -0.2) is 55.5 Å². The summed E-state index contributed by atoms with van der Waals surface area (Å²) in [5.74, 6) is -5.79. The van der Waals surface area contributed by atoms with Crippen LogP contribution in [0.15, 0.2) is 87.4 Å². The van der Waals surface area contributed by atoms with E-state index < -0.39 is 87.4 Å². The summed E-state index contributed by atoms with van der Waals surface area (Å²) in [5.41, 5.74) is 0.00800. The minimum Gasteiger partial charge on any atom is -0.497 e. The molecule has 5 aromatic carbocycles. The van der Waals surface area contributed by atoms with Gasteiger partial charge in [-0.3, -0.25) is 29.3 Å². The molecular weight excluding hydrogens is 1420 g/mol. The van der Waals surface area contributed by atoms with E-state index in [2.05, 4.69) is 25.6 Å². The number of thiocarbonyl (C=S) groups is 1. The summed E-state index contributed by atoms with van der Waals surface area (Å²) in [4.78, 5) is 95.1. The lowest BCUT2D eigenvalue weighted by Gasteiger charge is -2.26. The zero-order valence-corrected chi connectivity index (χ0v) is 61.7. The number of esters is 1. The van der Waals surface area contributed by atoms with Gasteiger partial charge in [-0.15, -0.1) is 11.8 Å². The Labute approximate surface area is 1030 Å². The molecule has 2 aliphatic rings. The molecule has 3 heterocycles. The topological polar surface area (TPSA) is 265 Å². The van der Waals surface area contributed by atoms with Gasteiger partial charge in [0.15, 0.2) is 49.9 Å². The fraction of sp³-hybridized carbons (Fsp3) is 0.343. The number of carbonyl (C=O) groups is 5. The van der Waals surface area contributed by atoms with Gasteiger partial charge in [0.05, 0.1) is 65.3 Å². The van der Waals surface area contributed by atoms with Crippen molar-refractivity contribution in [2.45, 2.75) is 127 Å². The zero-order valence-electron chi connectivity index (χ0n) is 332. The van der Waals surface area contributed by atoms with Crippen LogP contribution in [0.3, 0.4) is 0 Å². The third-order valence-corrected chi connectivity index (χ3v) is 17.2. The first-order valence-corrected chi connectivity index (χ1v) is 34.0. The predicted octanol–water partition coefficient (Wildman–Crippen LogP) is 49.4. The van der Waals surface area contributed by atoms with Gasteiger partial charge in [-0.2, -0.15) is 0 Å². The van der Waals surface area contributed by atoms with Gasteiger partial charge in [-0.05, 0) is 140 Å².